The number of carbonyl (C=O) groups is 3. The van der Waals surface area contributed by atoms with E-state index in [4.69, 9.17) is 14.2 Å². The van der Waals surface area contributed by atoms with Crippen LogP contribution in [0.5, 0.6) is 0 Å². The fraction of sp³-hybridized carbons (Fsp3) is 0.880. The molecule has 2 heterocycles. The van der Waals surface area contributed by atoms with Gasteiger partial charge in [0.1, 0.15) is 0 Å². The van der Waals surface area contributed by atoms with Crippen molar-refractivity contribution in [2.24, 2.45) is 17.3 Å². The molecular formula is C25H43N3O6. The van der Waals surface area contributed by atoms with Gasteiger partial charge in [-0.1, -0.05) is 0 Å². The van der Waals surface area contributed by atoms with E-state index in [0.29, 0.717) is 18.8 Å². The molecule has 2 saturated heterocycles. The van der Waals surface area contributed by atoms with Crippen molar-refractivity contribution in [3.05, 3.63) is 0 Å². The van der Waals surface area contributed by atoms with E-state index in [-0.39, 0.29) is 36.9 Å². The maximum absolute atomic E-state index is 12.7. The summed E-state index contributed by atoms with van der Waals surface area (Å²) in [7, 11) is 0. The molecule has 9 nitrogen and oxygen atoms in total. The third-order valence-corrected chi connectivity index (χ3v) is 7.15. The number of amides is 2. The second kappa shape index (κ2) is 12.7. The molecule has 34 heavy (non-hydrogen) atoms. The van der Waals surface area contributed by atoms with Crippen molar-refractivity contribution >= 4 is 18.0 Å². The molecule has 1 aliphatic carbocycles. The maximum Gasteiger partial charge on any atom is 0.317 e. The van der Waals surface area contributed by atoms with Crippen LogP contribution in [0.1, 0.15) is 72.1 Å². The van der Waals surface area contributed by atoms with Crippen LogP contribution in [0.25, 0.3) is 0 Å². The summed E-state index contributed by atoms with van der Waals surface area (Å²) in [5.41, 5.74) is -0.627. The number of nitrogens with one attached hydrogen (secondary N) is 2. The zero-order chi connectivity index (χ0) is 24.6. The molecule has 2 N–H and O–H groups in total. The first-order valence-corrected chi connectivity index (χ1v) is 12.9. The van der Waals surface area contributed by atoms with Gasteiger partial charge in [0, 0.05) is 25.7 Å². The van der Waals surface area contributed by atoms with Crippen LogP contribution in [-0.4, -0.2) is 74.6 Å². The summed E-state index contributed by atoms with van der Waals surface area (Å²) in [6, 6.07) is 0.0566. The quantitative estimate of drug-likeness (QED) is 0.425. The number of hydrogen-bond acceptors (Lipinski definition) is 7. The highest BCUT2D eigenvalue weighted by Crippen LogP contribution is 2.26. The molecule has 3 aliphatic rings. The Kier molecular flexibility index (Phi) is 10.0. The molecule has 0 radical (unpaired) electrons. The van der Waals surface area contributed by atoms with Crippen LogP contribution in [0.15, 0.2) is 0 Å². The van der Waals surface area contributed by atoms with Gasteiger partial charge in [0.25, 0.3) is 0 Å². The van der Waals surface area contributed by atoms with E-state index in [0.717, 1.165) is 58.5 Å². The van der Waals surface area contributed by atoms with Crippen molar-refractivity contribution in [2.45, 2.75) is 84.3 Å². The van der Waals surface area contributed by atoms with Crippen molar-refractivity contribution in [2.75, 3.05) is 39.6 Å². The van der Waals surface area contributed by atoms with E-state index in [1.54, 1.807) is 20.8 Å². The summed E-state index contributed by atoms with van der Waals surface area (Å²) in [5, 5.41) is 6.52. The first-order chi connectivity index (χ1) is 16.2. The van der Waals surface area contributed by atoms with Gasteiger partial charge < -0.3 is 29.7 Å². The zero-order valence-electron chi connectivity index (χ0n) is 21.1. The Bertz CT molecular complexity index is 673. The van der Waals surface area contributed by atoms with Crippen LogP contribution < -0.4 is 10.6 Å². The molecule has 3 rings (SSSR count). The zero-order valence-corrected chi connectivity index (χ0v) is 21.1. The van der Waals surface area contributed by atoms with Crippen LogP contribution in [-0.2, 0) is 23.8 Å². The summed E-state index contributed by atoms with van der Waals surface area (Å²) in [6.45, 7) is 9.35. The lowest BCUT2D eigenvalue weighted by molar-refractivity contribution is -0.176. The van der Waals surface area contributed by atoms with E-state index in [9.17, 15) is 14.4 Å². The maximum atomic E-state index is 12.7. The van der Waals surface area contributed by atoms with Gasteiger partial charge in [-0.05, 0) is 91.1 Å². The van der Waals surface area contributed by atoms with Crippen LogP contribution in [0.3, 0.4) is 0 Å². The lowest BCUT2D eigenvalue weighted by Crippen LogP contribution is -2.50. The molecule has 1 saturated carbocycles. The Morgan fingerprint density at radius 2 is 1.56 bits per heavy atom. The Labute approximate surface area is 203 Å². The Morgan fingerprint density at radius 3 is 2.18 bits per heavy atom. The minimum absolute atomic E-state index is 0.0167. The summed E-state index contributed by atoms with van der Waals surface area (Å²) in [6.07, 6.45) is 7.19. The fourth-order valence-corrected chi connectivity index (χ4v) is 4.76. The molecule has 0 spiro atoms. The predicted octanol–water partition coefficient (Wildman–Crippen LogP) is 2.83. The third-order valence-electron chi connectivity index (χ3n) is 7.15. The summed E-state index contributed by atoms with van der Waals surface area (Å²) >= 11 is 0. The SMILES string of the molecule is CC(C)(C)C(=O)OCOC(=O)C1CCC(NC(=O)N2CCC(OCC3CCNCC3)CC2)CC1. The van der Waals surface area contributed by atoms with Crippen LogP contribution in [0, 0.1) is 17.3 Å². The first-order valence-electron chi connectivity index (χ1n) is 12.9. The molecule has 194 valence electrons. The lowest BCUT2D eigenvalue weighted by atomic mass is 9.86. The van der Waals surface area contributed by atoms with Crippen LogP contribution in [0.4, 0.5) is 4.79 Å². The number of carbonyl (C=O) groups excluding carboxylic acids is 3. The average Bonchev–Trinajstić information content (AvgIpc) is 2.83. The van der Waals surface area contributed by atoms with Crippen LogP contribution in [0.2, 0.25) is 0 Å². The first kappa shape index (κ1) is 26.7. The van der Waals surface area contributed by atoms with Gasteiger partial charge >= 0.3 is 18.0 Å². The number of ether oxygens (including phenoxy) is 3. The summed E-state index contributed by atoms with van der Waals surface area (Å²) < 4.78 is 16.3. The molecule has 0 aromatic heterocycles. The second-order valence-corrected chi connectivity index (χ2v) is 11.0. The molecule has 3 fully saturated rings. The molecule has 0 unspecified atom stereocenters. The monoisotopic (exact) mass is 481 g/mol. The topological polar surface area (TPSA) is 106 Å². The molecule has 0 atom stereocenters. The van der Waals surface area contributed by atoms with Crippen molar-refractivity contribution in [3.8, 4) is 0 Å². The van der Waals surface area contributed by atoms with Crippen molar-refractivity contribution < 1.29 is 28.6 Å². The largest absolute Gasteiger partial charge is 0.428 e. The summed E-state index contributed by atoms with van der Waals surface area (Å²) in [4.78, 5) is 38.6. The van der Waals surface area contributed by atoms with E-state index in [2.05, 4.69) is 10.6 Å². The number of nitrogens with zero attached hydrogens (tertiary/aromatic N) is 1. The second-order valence-electron chi connectivity index (χ2n) is 11.0. The van der Waals surface area contributed by atoms with Gasteiger partial charge in [-0.3, -0.25) is 9.59 Å². The standard InChI is InChI=1S/C25H43N3O6/c1-25(2,3)23(30)34-17-33-22(29)19-4-6-20(7-5-19)27-24(31)28-14-10-21(11-15-28)32-16-18-8-12-26-13-9-18/h18-21,26H,4-17H2,1-3H3,(H,27,31). The average molecular weight is 482 g/mol. The lowest BCUT2D eigenvalue weighted by Gasteiger charge is -2.35. The minimum atomic E-state index is -0.627. The highest BCUT2D eigenvalue weighted by molar-refractivity contribution is 5.76. The third kappa shape index (κ3) is 8.41. The van der Waals surface area contributed by atoms with Crippen molar-refractivity contribution in [3.63, 3.8) is 0 Å². The van der Waals surface area contributed by atoms with Gasteiger partial charge in [0.05, 0.1) is 17.4 Å². The van der Waals surface area contributed by atoms with E-state index >= 15 is 0 Å². The van der Waals surface area contributed by atoms with Gasteiger partial charge in [0.2, 0.25) is 6.79 Å². The molecule has 0 bridgehead atoms. The molecule has 0 aromatic rings. The number of piperidine rings is 2. The van der Waals surface area contributed by atoms with Gasteiger partial charge in [-0.15, -0.1) is 0 Å². The Morgan fingerprint density at radius 1 is 0.912 bits per heavy atom. The molecular weight excluding hydrogens is 438 g/mol. The minimum Gasteiger partial charge on any atom is -0.428 e. The van der Waals surface area contributed by atoms with Crippen LogP contribution >= 0.6 is 0 Å². The smallest absolute Gasteiger partial charge is 0.317 e. The molecule has 9 heteroatoms. The predicted molar refractivity (Wildman–Crippen MR) is 127 cm³/mol. The van der Waals surface area contributed by atoms with Crippen molar-refractivity contribution in [1.29, 1.82) is 0 Å². The van der Waals surface area contributed by atoms with E-state index < -0.39 is 11.4 Å². The number of rotatable bonds is 7. The van der Waals surface area contributed by atoms with E-state index in [1.165, 1.54) is 12.8 Å². The van der Waals surface area contributed by atoms with Gasteiger partial charge in [0.15, 0.2) is 0 Å². The Balaban J connectivity index is 1.27. The number of urea groups is 1. The molecule has 2 aliphatic heterocycles. The molecule has 0 aromatic carbocycles. The van der Waals surface area contributed by atoms with E-state index in [1.807, 2.05) is 4.90 Å². The number of hydrogen-bond donors (Lipinski definition) is 2. The summed E-state index contributed by atoms with van der Waals surface area (Å²) in [5.74, 6) is -0.287. The van der Waals surface area contributed by atoms with Crippen molar-refractivity contribution in [1.82, 2.24) is 15.5 Å². The Hall–Kier alpha value is -1.87. The normalized spacial score (nSPS) is 25.0. The van der Waals surface area contributed by atoms with Gasteiger partial charge in [-0.25, -0.2) is 4.79 Å². The number of likely N-dealkylation sites (tertiary alicyclic amines) is 1. The highest BCUT2D eigenvalue weighted by atomic mass is 16.7. The van der Waals surface area contributed by atoms with Gasteiger partial charge in [-0.2, -0.15) is 0 Å². The molecule has 2 amide bonds. The fourth-order valence-electron chi connectivity index (χ4n) is 4.76. The number of esters is 2. The highest BCUT2D eigenvalue weighted by Gasteiger charge is 2.31.